The average molecular weight is 321 g/mol. The average Bonchev–Trinajstić information content (AvgIpc) is 2.42. The van der Waals surface area contributed by atoms with Crippen LogP contribution in [0.25, 0.3) is 0 Å². The summed E-state index contributed by atoms with van der Waals surface area (Å²) in [5, 5.41) is 5.48. The SMILES string of the molecule is COc1ccc(NC(=O)Nc2ccc(Br)cc2)cc1. The summed E-state index contributed by atoms with van der Waals surface area (Å²) in [6.45, 7) is 0. The Kier molecular flexibility index (Phi) is 4.41. The van der Waals surface area contributed by atoms with Gasteiger partial charge >= 0.3 is 6.03 Å². The summed E-state index contributed by atoms with van der Waals surface area (Å²) in [5.41, 5.74) is 1.43. The van der Waals surface area contributed by atoms with E-state index in [4.69, 9.17) is 4.74 Å². The van der Waals surface area contributed by atoms with Gasteiger partial charge in [0.05, 0.1) is 7.11 Å². The Labute approximate surface area is 119 Å². The molecule has 0 aliphatic heterocycles. The van der Waals surface area contributed by atoms with E-state index < -0.39 is 0 Å². The molecule has 0 radical (unpaired) electrons. The van der Waals surface area contributed by atoms with Gasteiger partial charge in [-0.3, -0.25) is 0 Å². The summed E-state index contributed by atoms with van der Waals surface area (Å²) in [6.07, 6.45) is 0. The minimum atomic E-state index is -0.285. The maximum absolute atomic E-state index is 11.8. The molecule has 0 spiro atoms. The molecule has 0 unspecified atom stereocenters. The van der Waals surface area contributed by atoms with E-state index in [2.05, 4.69) is 26.6 Å². The molecule has 2 amide bonds. The van der Waals surface area contributed by atoms with Crippen molar-refractivity contribution in [3.63, 3.8) is 0 Å². The van der Waals surface area contributed by atoms with Crippen molar-refractivity contribution >= 4 is 33.3 Å². The molecule has 2 aromatic rings. The molecule has 0 saturated carbocycles. The van der Waals surface area contributed by atoms with E-state index in [1.54, 1.807) is 31.4 Å². The van der Waals surface area contributed by atoms with Crippen molar-refractivity contribution in [3.8, 4) is 5.75 Å². The number of carbonyl (C=O) groups excluding carboxylic acids is 1. The van der Waals surface area contributed by atoms with E-state index in [1.807, 2.05) is 24.3 Å². The van der Waals surface area contributed by atoms with Gasteiger partial charge in [-0.25, -0.2) is 4.79 Å². The lowest BCUT2D eigenvalue weighted by Gasteiger charge is -2.08. The number of nitrogens with one attached hydrogen (secondary N) is 2. The van der Waals surface area contributed by atoms with Crippen LogP contribution < -0.4 is 15.4 Å². The quantitative estimate of drug-likeness (QED) is 0.894. The summed E-state index contributed by atoms with van der Waals surface area (Å²) in [5.74, 6) is 0.749. The predicted octanol–water partition coefficient (Wildman–Crippen LogP) is 4.10. The summed E-state index contributed by atoms with van der Waals surface area (Å²) >= 11 is 3.34. The molecule has 0 atom stereocenters. The highest BCUT2D eigenvalue weighted by molar-refractivity contribution is 9.10. The molecule has 0 bridgehead atoms. The van der Waals surface area contributed by atoms with Gasteiger partial charge in [0.2, 0.25) is 0 Å². The zero-order valence-corrected chi connectivity index (χ0v) is 11.9. The van der Waals surface area contributed by atoms with Crippen molar-refractivity contribution in [1.82, 2.24) is 0 Å². The number of rotatable bonds is 3. The molecule has 5 heteroatoms. The lowest BCUT2D eigenvalue weighted by Crippen LogP contribution is -2.19. The Balaban J connectivity index is 1.95. The Morgan fingerprint density at radius 3 is 1.89 bits per heavy atom. The number of amides is 2. The van der Waals surface area contributed by atoms with Crippen LogP contribution in [0.5, 0.6) is 5.75 Å². The minimum absolute atomic E-state index is 0.285. The highest BCUT2D eigenvalue weighted by Crippen LogP contribution is 2.16. The van der Waals surface area contributed by atoms with Crippen LogP contribution in [0.15, 0.2) is 53.0 Å². The van der Waals surface area contributed by atoms with Crippen LogP contribution in [0.2, 0.25) is 0 Å². The van der Waals surface area contributed by atoms with Crippen LogP contribution in [0.4, 0.5) is 16.2 Å². The lowest BCUT2D eigenvalue weighted by atomic mass is 10.3. The van der Waals surface area contributed by atoms with E-state index in [0.29, 0.717) is 5.69 Å². The van der Waals surface area contributed by atoms with Gasteiger partial charge in [-0.1, -0.05) is 15.9 Å². The monoisotopic (exact) mass is 320 g/mol. The first-order valence-corrected chi connectivity index (χ1v) is 6.44. The smallest absolute Gasteiger partial charge is 0.323 e. The fraction of sp³-hybridized carbons (Fsp3) is 0.0714. The fourth-order valence-electron chi connectivity index (χ4n) is 1.50. The number of anilines is 2. The molecule has 4 nitrogen and oxygen atoms in total. The molecular weight excluding hydrogens is 308 g/mol. The number of benzene rings is 2. The van der Waals surface area contributed by atoms with Crippen molar-refractivity contribution in [1.29, 1.82) is 0 Å². The van der Waals surface area contributed by atoms with E-state index in [9.17, 15) is 4.79 Å². The Morgan fingerprint density at radius 2 is 1.42 bits per heavy atom. The Hall–Kier alpha value is -2.01. The topological polar surface area (TPSA) is 50.4 Å². The first kappa shape index (κ1) is 13.4. The first-order chi connectivity index (χ1) is 9.17. The highest BCUT2D eigenvalue weighted by Gasteiger charge is 2.02. The van der Waals surface area contributed by atoms with Crippen molar-refractivity contribution in [3.05, 3.63) is 53.0 Å². The van der Waals surface area contributed by atoms with Gasteiger partial charge < -0.3 is 15.4 Å². The van der Waals surface area contributed by atoms with Crippen molar-refractivity contribution in [2.45, 2.75) is 0 Å². The summed E-state index contributed by atoms with van der Waals surface area (Å²) in [7, 11) is 1.60. The van der Waals surface area contributed by atoms with Gasteiger partial charge in [0.15, 0.2) is 0 Å². The molecule has 0 aliphatic carbocycles. The van der Waals surface area contributed by atoms with E-state index in [0.717, 1.165) is 15.9 Å². The second-order valence-corrected chi connectivity index (χ2v) is 4.73. The maximum Gasteiger partial charge on any atom is 0.323 e. The van der Waals surface area contributed by atoms with Crippen LogP contribution >= 0.6 is 15.9 Å². The fourth-order valence-corrected chi connectivity index (χ4v) is 1.77. The van der Waals surface area contributed by atoms with Gasteiger partial charge in [0.25, 0.3) is 0 Å². The number of halogens is 1. The summed E-state index contributed by atoms with van der Waals surface area (Å²) < 4.78 is 6.01. The minimum Gasteiger partial charge on any atom is -0.497 e. The number of ether oxygens (including phenoxy) is 1. The zero-order chi connectivity index (χ0) is 13.7. The highest BCUT2D eigenvalue weighted by atomic mass is 79.9. The maximum atomic E-state index is 11.8. The molecular formula is C14H13BrN2O2. The molecule has 19 heavy (non-hydrogen) atoms. The number of hydrogen-bond donors (Lipinski definition) is 2. The van der Waals surface area contributed by atoms with Crippen LogP contribution in [0.3, 0.4) is 0 Å². The first-order valence-electron chi connectivity index (χ1n) is 5.65. The van der Waals surface area contributed by atoms with Gasteiger partial charge in [-0.15, -0.1) is 0 Å². The predicted molar refractivity (Wildman–Crippen MR) is 79.8 cm³/mol. The van der Waals surface area contributed by atoms with E-state index in [-0.39, 0.29) is 6.03 Å². The second kappa shape index (κ2) is 6.24. The molecule has 0 aromatic heterocycles. The number of hydrogen-bond acceptors (Lipinski definition) is 2. The number of carbonyl (C=O) groups is 1. The number of urea groups is 1. The standard InChI is InChI=1S/C14H13BrN2O2/c1-19-13-8-6-12(7-9-13)17-14(18)16-11-4-2-10(15)3-5-11/h2-9H,1H3,(H2,16,17,18). The van der Waals surface area contributed by atoms with Crippen LogP contribution in [-0.4, -0.2) is 13.1 Å². The molecule has 2 aromatic carbocycles. The zero-order valence-electron chi connectivity index (χ0n) is 10.3. The second-order valence-electron chi connectivity index (χ2n) is 3.81. The Morgan fingerprint density at radius 1 is 0.947 bits per heavy atom. The van der Waals surface area contributed by atoms with Crippen LogP contribution in [-0.2, 0) is 0 Å². The van der Waals surface area contributed by atoms with Gasteiger partial charge in [-0.2, -0.15) is 0 Å². The van der Waals surface area contributed by atoms with Crippen molar-refractivity contribution < 1.29 is 9.53 Å². The Bertz CT molecular complexity index is 553. The normalized spacial score (nSPS) is 9.79. The molecule has 98 valence electrons. The summed E-state index contributed by atoms with van der Waals surface area (Å²) in [4.78, 5) is 11.8. The largest absolute Gasteiger partial charge is 0.497 e. The third kappa shape index (κ3) is 3.99. The molecule has 0 heterocycles. The van der Waals surface area contributed by atoms with E-state index in [1.165, 1.54) is 0 Å². The van der Waals surface area contributed by atoms with Crippen molar-refractivity contribution in [2.75, 3.05) is 17.7 Å². The molecule has 0 fully saturated rings. The molecule has 2 N–H and O–H groups in total. The van der Waals surface area contributed by atoms with E-state index >= 15 is 0 Å². The van der Waals surface area contributed by atoms with Gasteiger partial charge in [0, 0.05) is 15.8 Å². The third-order valence-corrected chi connectivity index (χ3v) is 2.98. The van der Waals surface area contributed by atoms with Gasteiger partial charge in [-0.05, 0) is 48.5 Å². The summed E-state index contributed by atoms with van der Waals surface area (Å²) in [6, 6.07) is 14.2. The number of methoxy groups -OCH3 is 1. The van der Waals surface area contributed by atoms with Crippen LogP contribution in [0.1, 0.15) is 0 Å². The molecule has 2 rings (SSSR count). The van der Waals surface area contributed by atoms with Crippen molar-refractivity contribution in [2.24, 2.45) is 0 Å². The third-order valence-electron chi connectivity index (χ3n) is 2.45. The van der Waals surface area contributed by atoms with Gasteiger partial charge in [0.1, 0.15) is 5.75 Å². The lowest BCUT2D eigenvalue weighted by molar-refractivity contribution is 0.262. The molecule has 0 saturated heterocycles. The van der Waals surface area contributed by atoms with Crippen LogP contribution in [0, 0.1) is 0 Å². The molecule has 0 aliphatic rings.